The molecule has 0 saturated heterocycles. The monoisotopic (exact) mass is 351 g/mol. The lowest BCUT2D eigenvalue weighted by Crippen LogP contribution is -2.22. The van der Waals surface area contributed by atoms with E-state index in [1.54, 1.807) is 6.20 Å². The van der Waals surface area contributed by atoms with Crippen molar-refractivity contribution in [2.75, 3.05) is 0 Å². The summed E-state index contributed by atoms with van der Waals surface area (Å²) in [5.41, 5.74) is 2.03. The number of carbonyl (C=O) groups is 1. The van der Waals surface area contributed by atoms with Gasteiger partial charge in [0.05, 0.1) is 16.7 Å². The van der Waals surface area contributed by atoms with E-state index in [0.29, 0.717) is 6.54 Å². The Balaban J connectivity index is 1.71. The first-order chi connectivity index (χ1) is 11.5. The molecule has 0 aliphatic carbocycles. The molecular weight excluding hydrogens is 340 g/mol. The highest BCUT2D eigenvalue weighted by atomic mass is 35.5. The number of fused-ring (bicyclic) bond motifs is 1. The molecule has 5 nitrogen and oxygen atoms in total. The number of H-pyrrole nitrogens is 1. The quantitative estimate of drug-likeness (QED) is 0.735. The standard InChI is InChI=1S/C16H12ClF2N3O2/c17-12-6-9(4-5-14(12)24-16(18)19)15(23)20-7-10-2-1-3-13-11(10)8-21-22-13/h1-6,8,16H,7H2,(H,20,23)(H,21,22). The predicted octanol–water partition coefficient (Wildman–Crippen LogP) is 3.75. The molecule has 2 aromatic carbocycles. The number of aromatic nitrogens is 2. The van der Waals surface area contributed by atoms with Gasteiger partial charge in [0.2, 0.25) is 0 Å². The van der Waals surface area contributed by atoms with E-state index >= 15 is 0 Å². The van der Waals surface area contributed by atoms with Gasteiger partial charge >= 0.3 is 6.61 Å². The zero-order valence-electron chi connectivity index (χ0n) is 12.2. The first kappa shape index (κ1) is 16.2. The average Bonchev–Trinajstić information content (AvgIpc) is 3.03. The molecule has 3 rings (SSSR count). The minimum atomic E-state index is -2.97. The summed E-state index contributed by atoms with van der Waals surface area (Å²) in [5, 5.41) is 10.4. The highest BCUT2D eigenvalue weighted by Gasteiger charge is 2.13. The SMILES string of the molecule is O=C(NCc1cccc2[nH]ncc12)c1ccc(OC(F)F)c(Cl)c1. The van der Waals surface area contributed by atoms with E-state index < -0.39 is 6.61 Å². The summed E-state index contributed by atoms with van der Waals surface area (Å²) < 4.78 is 28.6. The van der Waals surface area contributed by atoms with Crippen molar-refractivity contribution in [3.63, 3.8) is 0 Å². The van der Waals surface area contributed by atoms with Crippen molar-refractivity contribution in [2.45, 2.75) is 13.2 Å². The number of halogens is 3. The lowest BCUT2D eigenvalue weighted by molar-refractivity contribution is -0.0497. The molecule has 1 heterocycles. The van der Waals surface area contributed by atoms with Crippen LogP contribution < -0.4 is 10.1 Å². The second kappa shape index (κ2) is 6.84. The van der Waals surface area contributed by atoms with Crippen LogP contribution in [0.2, 0.25) is 5.02 Å². The Labute approximate surface area is 140 Å². The van der Waals surface area contributed by atoms with Gasteiger partial charge < -0.3 is 10.1 Å². The minimum absolute atomic E-state index is 0.0557. The van der Waals surface area contributed by atoms with Crippen LogP contribution in [0.5, 0.6) is 5.75 Å². The summed E-state index contributed by atoms with van der Waals surface area (Å²) in [6.07, 6.45) is 1.68. The largest absolute Gasteiger partial charge is 0.433 e. The van der Waals surface area contributed by atoms with Gasteiger partial charge in [-0.1, -0.05) is 23.7 Å². The number of amides is 1. The molecule has 0 bridgehead atoms. The van der Waals surface area contributed by atoms with Crippen molar-refractivity contribution in [1.82, 2.24) is 15.5 Å². The van der Waals surface area contributed by atoms with E-state index in [1.165, 1.54) is 18.2 Å². The average molecular weight is 352 g/mol. The third-order valence-electron chi connectivity index (χ3n) is 3.42. The fraction of sp³-hybridized carbons (Fsp3) is 0.125. The van der Waals surface area contributed by atoms with Crippen molar-refractivity contribution in [2.24, 2.45) is 0 Å². The molecule has 0 aliphatic rings. The minimum Gasteiger partial charge on any atom is -0.433 e. The molecule has 8 heteroatoms. The summed E-state index contributed by atoms with van der Waals surface area (Å²) in [4.78, 5) is 12.2. The van der Waals surface area contributed by atoms with Crippen LogP contribution in [0, 0.1) is 0 Å². The maximum absolute atomic E-state index is 12.2. The summed E-state index contributed by atoms with van der Waals surface area (Å²) >= 11 is 5.85. The molecule has 24 heavy (non-hydrogen) atoms. The highest BCUT2D eigenvalue weighted by molar-refractivity contribution is 6.32. The fourth-order valence-electron chi connectivity index (χ4n) is 2.29. The predicted molar refractivity (Wildman–Crippen MR) is 85.3 cm³/mol. The topological polar surface area (TPSA) is 67.0 Å². The number of hydrogen-bond acceptors (Lipinski definition) is 3. The number of alkyl halides is 2. The Morgan fingerprint density at radius 1 is 1.33 bits per heavy atom. The molecule has 0 spiro atoms. The molecule has 1 aromatic heterocycles. The van der Waals surface area contributed by atoms with Crippen LogP contribution in [-0.4, -0.2) is 22.7 Å². The van der Waals surface area contributed by atoms with Crippen molar-refractivity contribution in [3.05, 3.63) is 58.7 Å². The van der Waals surface area contributed by atoms with Gasteiger partial charge in [0, 0.05) is 17.5 Å². The van der Waals surface area contributed by atoms with Crippen LogP contribution in [0.25, 0.3) is 10.9 Å². The number of benzene rings is 2. The van der Waals surface area contributed by atoms with Crippen LogP contribution in [0.15, 0.2) is 42.6 Å². The van der Waals surface area contributed by atoms with Gasteiger partial charge in [-0.2, -0.15) is 13.9 Å². The summed E-state index contributed by atoms with van der Waals surface area (Å²) in [6, 6.07) is 9.51. The van der Waals surface area contributed by atoms with E-state index in [4.69, 9.17) is 11.6 Å². The van der Waals surface area contributed by atoms with Crippen LogP contribution >= 0.6 is 11.6 Å². The zero-order valence-corrected chi connectivity index (χ0v) is 13.0. The van der Waals surface area contributed by atoms with E-state index in [9.17, 15) is 13.6 Å². The Morgan fingerprint density at radius 2 is 2.17 bits per heavy atom. The van der Waals surface area contributed by atoms with Crippen molar-refractivity contribution < 1.29 is 18.3 Å². The van der Waals surface area contributed by atoms with Crippen molar-refractivity contribution in [1.29, 1.82) is 0 Å². The third kappa shape index (κ3) is 3.46. The van der Waals surface area contributed by atoms with Crippen LogP contribution in [0.1, 0.15) is 15.9 Å². The second-order valence-corrected chi connectivity index (χ2v) is 5.36. The van der Waals surface area contributed by atoms with Gasteiger partial charge in [0.25, 0.3) is 5.91 Å². The summed E-state index contributed by atoms with van der Waals surface area (Å²) in [6.45, 7) is -2.68. The smallest absolute Gasteiger partial charge is 0.387 e. The van der Waals surface area contributed by atoms with Crippen LogP contribution in [0.3, 0.4) is 0 Å². The molecule has 0 fully saturated rings. The lowest BCUT2D eigenvalue weighted by atomic mass is 10.1. The van der Waals surface area contributed by atoms with E-state index in [0.717, 1.165) is 16.5 Å². The van der Waals surface area contributed by atoms with Crippen LogP contribution in [0.4, 0.5) is 8.78 Å². The number of nitrogens with one attached hydrogen (secondary N) is 2. The van der Waals surface area contributed by atoms with E-state index in [2.05, 4.69) is 20.3 Å². The van der Waals surface area contributed by atoms with Gasteiger partial charge in [-0.3, -0.25) is 9.89 Å². The number of hydrogen-bond donors (Lipinski definition) is 2. The van der Waals surface area contributed by atoms with Gasteiger partial charge in [-0.25, -0.2) is 0 Å². The Bertz CT molecular complexity index is 883. The third-order valence-corrected chi connectivity index (χ3v) is 3.72. The first-order valence-electron chi connectivity index (χ1n) is 6.98. The van der Waals surface area contributed by atoms with Gasteiger partial charge in [-0.05, 0) is 29.8 Å². The Kier molecular flexibility index (Phi) is 4.61. The molecule has 0 radical (unpaired) electrons. The van der Waals surface area contributed by atoms with Crippen molar-refractivity contribution in [3.8, 4) is 5.75 Å². The molecule has 2 N–H and O–H groups in total. The Hall–Kier alpha value is -2.67. The van der Waals surface area contributed by atoms with Gasteiger partial charge in [0.1, 0.15) is 5.75 Å². The molecule has 124 valence electrons. The van der Waals surface area contributed by atoms with E-state index in [1.807, 2.05) is 18.2 Å². The van der Waals surface area contributed by atoms with Crippen molar-refractivity contribution >= 4 is 28.4 Å². The normalized spacial score (nSPS) is 11.0. The second-order valence-electron chi connectivity index (χ2n) is 4.95. The molecule has 0 unspecified atom stereocenters. The van der Waals surface area contributed by atoms with E-state index in [-0.39, 0.29) is 22.2 Å². The highest BCUT2D eigenvalue weighted by Crippen LogP contribution is 2.27. The van der Waals surface area contributed by atoms with Gasteiger partial charge in [-0.15, -0.1) is 0 Å². The summed E-state index contributed by atoms with van der Waals surface area (Å²) in [5.74, 6) is -0.549. The molecule has 0 saturated carbocycles. The molecule has 3 aromatic rings. The number of carbonyl (C=O) groups excluding carboxylic acids is 1. The number of rotatable bonds is 5. The molecule has 1 amide bonds. The first-order valence-corrected chi connectivity index (χ1v) is 7.36. The Morgan fingerprint density at radius 3 is 2.92 bits per heavy atom. The maximum Gasteiger partial charge on any atom is 0.387 e. The molecular formula is C16H12ClF2N3O2. The summed E-state index contributed by atoms with van der Waals surface area (Å²) in [7, 11) is 0. The molecule has 0 aliphatic heterocycles. The number of aromatic amines is 1. The number of nitrogens with zero attached hydrogens (tertiary/aromatic N) is 1. The van der Waals surface area contributed by atoms with Gasteiger partial charge in [0.15, 0.2) is 0 Å². The molecule has 0 atom stereocenters. The zero-order chi connectivity index (χ0) is 17.1. The van der Waals surface area contributed by atoms with Crippen LogP contribution in [-0.2, 0) is 6.54 Å². The maximum atomic E-state index is 12.2. The number of ether oxygens (including phenoxy) is 1. The lowest BCUT2D eigenvalue weighted by Gasteiger charge is -2.09. The fourth-order valence-corrected chi connectivity index (χ4v) is 2.52.